The Balaban J connectivity index is 1.52. The Morgan fingerprint density at radius 2 is 1.93 bits per heavy atom. The van der Waals surface area contributed by atoms with Crippen LogP contribution in [0.15, 0.2) is 0 Å². The van der Waals surface area contributed by atoms with Gasteiger partial charge in [-0.05, 0) is 64.2 Å². The minimum atomic E-state index is 0.860. The van der Waals surface area contributed by atoms with Crippen LogP contribution in [0.3, 0.4) is 0 Å². The van der Waals surface area contributed by atoms with Crippen molar-refractivity contribution in [1.82, 2.24) is 10.2 Å². The molecule has 1 atom stereocenters. The second-order valence-corrected chi connectivity index (χ2v) is 5.11. The van der Waals surface area contributed by atoms with Crippen molar-refractivity contribution in [1.29, 1.82) is 0 Å². The minimum absolute atomic E-state index is 0.860. The molecule has 0 radical (unpaired) electrons. The average molecular weight is 196 g/mol. The fraction of sp³-hybridized carbons (Fsp3) is 1.00. The monoisotopic (exact) mass is 196 g/mol. The van der Waals surface area contributed by atoms with E-state index in [1.165, 1.54) is 58.3 Å². The third kappa shape index (κ3) is 2.96. The highest BCUT2D eigenvalue weighted by Gasteiger charge is 2.18. The van der Waals surface area contributed by atoms with E-state index >= 15 is 0 Å². The van der Waals surface area contributed by atoms with Crippen LogP contribution < -0.4 is 5.32 Å². The summed E-state index contributed by atoms with van der Waals surface area (Å²) >= 11 is 0. The summed E-state index contributed by atoms with van der Waals surface area (Å²) in [4.78, 5) is 2.65. The zero-order valence-electron chi connectivity index (χ0n) is 9.47. The number of nitrogens with one attached hydrogen (secondary N) is 1. The van der Waals surface area contributed by atoms with Gasteiger partial charge in [0, 0.05) is 6.04 Å². The maximum absolute atomic E-state index is 3.47. The molecule has 0 amide bonds. The quantitative estimate of drug-likeness (QED) is 0.738. The number of nitrogens with zero attached hydrogens (tertiary/aromatic N) is 1. The first-order valence-electron chi connectivity index (χ1n) is 6.30. The van der Waals surface area contributed by atoms with E-state index in [9.17, 15) is 0 Å². The lowest BCUT2D eigenvalue weighted by Crippen LogP contribution is -2.43. The fourth-order valence-electron chi connectivity index (χ4n) is 2.44. The van der Waals surface area contributed by atoms with Gasteiger partial charge in [-0.1, -0.05) is 6.92 Å². The summed E-state index contributed by atoms with van der Waals surface area (Å²) < 4.78 is 0. The molecule has 1 N–H and O–H groups in total. The molecule has 2 aliphatic heterocycles. The molecule has 2 nitrogen and oxygen atoms in total. The molecule has 0 aliphatic carbocycles. The van der Waals surface area contributed by atoms with E-state index in [4.69, 9.17) is 0 Å². The Morgan fingerprint density at radius 3 is 2.50 bits per heavy atom. The first kappa shape index (κ1) is 10.4. The summed E-state index contributed by atoms with van der Waals surface area (Å²) in [5.74, 6) is 0.972. The van der Waals surface area contributed by atoms with Crippen LogP contribution in [0.25, 0.3) is 0 Å². The number of rotatable bonds is 4. The second kappa shape index (κ2) is 5.13. The molecule has 2 fully saturated rings. The van der Waals surface area contributed by atoms with Crippen LogP contribution in [0.4, 0.5) is 0 Å². The van der Waals surface area contributed by atoms with Gasteiger partial charge in [0.05, 0.1) is 0 Å². The SMILES string of the molecule is CC1CCN(CCCC2CCN2)CC1. The average Bonchev–Trinajstić information content (AvgIpc) is 2.12. The van der Waals surface area contributed by atoms with Gasteiger partial charge < -0.3 is 10.2 Å². The lowest BCUT2D eigenvalue weighted by molar-refractivity contribution is 0.184. The smallest absolute Gasteiger partial charge is 0.00796 e. The molecule has 2 saturated heterocycles. The predicted molar refractivity (Wildman–Crippen MR) is 60.5 cm³/mol. The van der Waals surface area contributed by atoms with Crippen molar-refractivity contribution in [3.05, 3.63) is 0 Å². The molecule has 0 aromatic rings. The molecule has 0 saturated carbocycles. The Bertz CT molecular complexity index is 158. The van der Waals surface area contributed by atoms with Crippen molar-refractivity contribution in [3.63, 3.8) is 0 Å². The Labute approximate surface area is 88.1 Å². The van der Waals surface area contributed by atoms with E-state index in [1.807, 2.05) is 0 Å². The van der Waals surface area contributed by atoms with Crippen molar-refractivity contribution >= 4 is 0 Å². The summed E-state index contributed by atoms with van der Waals surface area (Å²) in [6.07, 6.45) is 7.04. The molecule has 0 spiro atoms. The van der Waals surface area contributed by atoms with E-state index in [2.05, 4.69) is 17.1 Å². The van der Waals surface area contributed by atoms with Gasteiger partial charge in [-0.2, -0.15) is 0 Å². The summed E-state index contributed by atoms with van der Waals surface area (Å²) in [5, 5.41) is 3.47. The summed E-state index contributed by atoms with van der Waals surface area (Å²) in [6, 6.07) is 0.860. The van der Waals surface area contributed by atoms with Crippen LogP contribution >= 0.6 is 0 Å². The standard InChI is InChI=1S/C12H24N2/c1-11-5-9-14(10-6-11)8-2-3-12-4-7-13-12/h11-13H,2-10H2,1H3. The Morgan fingerprint density at radius 1 is 1.21 bits per heavy atom. The highest BCUT2D eigenvalue weighted by Crippen LogP contribution is 2.17. The van der Waals surface area contributed by atoms with Crippen LogP contribution in [0, 0.1) is 5.92 Å². The molecule has 1 unspecified atom stereocenters. The Hall–Kier alpha value is -0.0800. The van der Waals surface area contributed by atoms with Gasteiger partial charge in [-0.3, -0.25) is 0 Å². The predicted octanol–water partition coefficient (Wildman–Crippen LogP) is 1.86. The third-order valence-corrected chi connectivity index (χ3v) is 3.83. The maximum atomic E-state index is 3.47. The van der Waals surface area contributed by atoms with Gasteiger partial charge in [0.15, 0.2) is 0 Å². The molecule has 82 valence electrons. The molecule has 2 heterocycles. The van der Waals surface area contributed by atoms with Gasteiger partial charge >= 0.3 is 0 Å². The lowest BCUT2D eigenvalue weighted by atomic mass is 9.98. The number of hydrogen-bond acceptors (Lipinski definition) is 2. The van der Waals surface area contributed by atoms with E-state index in [-0.39, 0.29) is 0 Å². The van der Waals surface area contributed by atoms with Gasteiger partial charge in [0.1, 0.15) is 0 Å². The molecule has 0 aromatic heterocycles. The van der Waals surface area contributed by atoms with Crippen molar-refractivity contribution in [3.8, 4) is 0 Å². The van der Waals surface area contributed by atoms with Crippen LogP contribution in [0.2, 0.25) is 0 Å². The largest absolute Gasteiger partial charge is 0.314 e. The van der Waals surface area contributed by atoms with Crippen LogP contribution in [-0.2, 0) is 0 Å². The molecule has 0 bridgehead atoms. The van der Waals surface area contributed by atoms with E-state index in [0.29, 0.717) is 0 Å². The zero-order chi connectivity index (χ0) is 9.80. The van der Waals surface area contributed by atoms with Crippen LogP contribution in [-0.4, -0.2) is 37.1 Å². The molecule has 0 aromatic carbocycles. The minimum Gasteiger partial charge on any atom is -0.314 e. The highest BCUT2D eigenvalue weighted by atomic mass is 15.1. The number of likely N-dealkylation sites (tertiary alicyclic amines) is 1. The number of hydrogen-bond donors (Lipinski definition) is 1. The second-order valence-electron chi connectivity index (χ2n) is 5.11. The van der Waals surface area contributed by atoms with E-state index in [0.717, 1.165) is 12.0 Å². The molecular weight excluding hydrogens is 172 g/mol. The number of piperidine rings is 1. The maximum Gasteiger partial charge on any atom is 0.00796 e. The fourth-order valence-corrected chi connectivity index (χ4v) is 2.44. The van der Waals surface area contributed by atoms with Crippen LogP contribution in [0.5, 0.6) is 0 Å². The van der Waals surface area contributed by atoms with Crippen molar-refractivity contribution in [2.45, 2.75) is 45.1 Å². The third-order valence-electron chi connectivity index (χ3n) is 3.83. The van der Waals surface area contributed by atoms with E-state index < -0.39 is 0 Å². The highest BCUT2D eigenvalue weighted by molar-refractivity contribution is 4.78. The lowest BCUT2D eigenvalue weighted by Gasteiger charge is -2.32. The summed E-state index contributed by atoms with van der Waals surface area (Å²) in [7, 11) is 0. The van der Waals surface area contributed by atoms with Crippen molar-refractivity contribution < 1.29 is 0 Å². The Kier molecular flexibility index (Phi) is 3.82. The molecule has 2 rings (SSSR count). The van der Waals surface area contributed by atoms with Gasteiger partial charge in [-0.25, -0.2) is 0 Å². The topological polar surface area (TPSA) is 15.3 Å². The first-order chi connectivity index (χ1) is 6.84. The molecule has 2 heteroatoms. The zero-order valence-corrected chi connectivity index (χ0v) is 9.47. The summed E-state index contributed by atoms with van der Waals surface area (Å²) in [6.45, 7) is 7.67. The van der Waals surface area contributed by atoms with Gasteiger partial charge in [0.2, 0.25) is 0 Å². The first-order valence-corrected chi connectivity index (χ1v) is 6.30. The normalized spacial score (nSPS) is 30.2. The molecule has 14 heavy (non-hydrogen) atoms. The van der Waals surface area contributed by atoms with Crippen molar-refractivity contribution in [2.24, 2.45) is 5.92 Å². The van der Waals surface area contributed by atoms with Gasteiger partial charge in [0.25, 0.3) is 0 Å². The summed E-state index contributed by atoms with van der Waals surface area (Å²) in [5.41, 5.74) is 0. The van der Waals surface area contributed by atoms with Crippen LogP contribution in [0.1, 0.15) is 39.0 Å². The van der Waals surface area contributed by atoms with Crippen molar-refractivity contribution in [2.75, 3.05) is 26.2 Å². The molecule has 2 aliphatic rings. The van der Waals surface area contributed by atoms with Gasteiger partial charge in [-0.15, -0.1) is 0 Å². The molecular formula is C12H24N2. The van der Waals surface area contributed by atoms with E-state index in [1.54, 1.807) is 0 Å².